The van der Waals surface area contributed by atoms with Gasteiger partial charge in [-0.2, -0.15) is 5.10 Å². The SMILES string of the molecule is Cc1cc(C)c(-c2cc(NC(=O)CSCC(=O)N3c4ccccc4CCc4ccccc43)n(-c3ccccc3)n2)cc1C. The van der Waals surface area contributed by atoms with Crippen molar-refractivity contribution in [3.05, 3.63) is 125 Å². The summed E-state index contributed by atoms with van der Waals surface area (Å²) in [5, 5.41) is 7.95. The predicted octanol–water partition coefficient (Wildman–Crippen LogP) is 7.60. The van der Waals surface area contributed by atoms with Gasteiger partial charge >= 0.3 is 0 Å². The van der Waals surface area contributed by atoms with E-state index in [1.54, 1.807) is 4.68 Å². The first-order chi connectivity index (χ1) is 20.9. The lowest BCUT2D eigenvalue weighted by atomic mass is 9.99. The molecule has 0 atom stereocenters. The molecule has 0 spiro atoms. The first-order valence-electron chi connectivity index (χ1n) is 14.5. The molecule has 1 N–H and O–H groups in total. The second-order valence-corrected chi connectivity index (χ2v) is 11.9. The van der Waals surface area contributed by atoms with Crippen LogP contribution in [0, 0.1) is 20.8 Å². The molecule has 2 amide bonds. The third kappa shape index (κ3) is 5.99. The number of nitrogens with one attached hydrogen (secondary N) is 1. The van der Waals surface area contributed by atoms with Gasteiger partial charge in [-0.25, -0.2) is 4.68 Å². The first-order valence-corrected chi connectivity index (χ1v) is 15.6. The standard InChI is InChI=1S/C36H34N4O2S/c1-24-19-26(3)30(20-25(24)2)31-21-34(40(38-31)29-13-5-4-6-14-29)37-35(41)22-43-23-36(42)39-32-15-9-7-11-27(32)17-18-28-12-8-10-16-33(28)39/h4-16,19-21H,17-18,22-23H2,1-3H3,(H,37,41). The maximum absolute atomic E-state index is 13.7. The maximum Gasteiger partial charge on any atom is 0.241 e. The van der Waals surface area contributed by atoms with Crippen molar-refractivity contribution in [1.82, 2.24) is 9.78 Å². The topological polar surface area (TPSA) is 67.2 Å². The number of carbonyl (C=O) groups is 2. The molecule has 0 bridgehead atoms. The highest BCUT2D eigenvalue weighted by Crippen LogP contribution is 2.36. The summed E-state index contributed by atoms with van der Waals surface area (Å²) in [4.78, 5) is 28.7. The van der Waals surface area contributed by atoms with Crippen LogP contribution >= 0.6 is 11.8 Å². The molecule has 1 aromatic heterocycles. The van der Waals surface area contributed by atoms with E-state index in [0.717, 1.165) is 57.9 Å². The summed E-state index contributed by atoms with van der Waals surface area (Å²) in [6.45, 7) is 6.28. The van der Waals surface area contributed by atoms with E-state index in [9.17, 15) is 9.59 Å². The number of aromatic nitrogens is 2. The van der Waals surface area contributed by atoms with Crippen LogP contribution in [0.3, 0.4) is 0 Å². The molecule has 6 nitrogen and oxygen atoms in total. The Morgan fingerprint density at radius 3 is 2.02 bits per heavy atom. The van der Waals surface area contributed by atoms with Crippen molar-refractivity contribution in [2.24, 2.45) is 0 Å². The molecule has 0 saturated carbocycles. The van der Waals surface area contributed by atoms with Crippen LogP contribution in [0.1, 0.15) is 27.8 Å². The van der Waals surface area contributed by atoms with Crippen LogP contribution in [0.4, 0.5) is 17.2 Å². The second kappa shape index (κ2) is 12.3. The summed E-state index contributed by atoms with van der Waals surface area (Å²) in [7, 11) is 0. The van der Waals surface area contributed by atoms with Crippen LogP contribution in [0.5, 0.6) is 0 Å². The highest BCUT2D eigenvalue weighted by Gasteiger charge is 2.25. The number of hydrogen-bond donors (Lipinski definition) is 1. The van der Waals surface area contributed by atoms with E-state index >= 15 is 0 Å². The van der Waals surface area contributed by atoms with Gasteiger partial charge in [0, 0.05) is 11.6 Å². The number of benzene rings is 4. The molecule has 1 aliphatic heterocycles. The number of rotatable bonds is 7. The number of fused-ring (bicyclic) bond motifs is 2. The number of anilines is 3. The van der Waals surface area contributed by atoms with Crippen LogP contribution in [0.25, 0.3) is 16.9 Å². The quantitative estimate of drug-likeness (QED) is 0.213. The van der Waals surface area contributed by atoms with Crippen molar-refractivity contribution >= 4 is 40.8 Å². The molecule has 4 aromatic carbocycles. The van der Waals surface area contributed by atoms with Gasteiger partial charge in [-0.3, -0.25) is 14.5 Å². The van der Waals surface area contributed by atoms with Gasteiger partial charge in [0.05, 0.1) is 34.3 Å². The second-order valence-electron chi connectivity index (χ2n) is 10.9. The Labute approximate surface area is 256 Å². The zero-order valence-corrected chi connectivity index (χ0v) is 25.4. The number of nitrogens with zero attached hydrogens (tertiary/aromatic N) is 3. The van der Waals surface area contributed by atoms with E-state index < -0.39 is 0 Å². The third-order valence-corrected chi connectivity index (χ3v) is 8.85. The minimum absolute atomic E-state index is 0.0403. The van der Waals surface area contributed by atoms with E-state index in [1.807, 2.05) is 77.7 Å². The molecule has 0 aliphatic carbocycles. The minimum atomic E-state index is -0.185. The van der Waals surface area contributed by atoms with Gasteiger partial charge in [0.25, 0.3) is 0 Å². The zero-order chi connectivity index (χ0) is 29.9. The Kier molecular flexibility index (Phi) is 8.16. The van der Waals surface area contributed by atoms with Gasteiger partial charge in [0.2, 0.25) is 11.8 Å². The smallest absolute Gasteiger partial charge is 0.241 e. The van der Waals surface area contributed by atoms with E-state index in [4.69, 9.17) is 5.10 Å². The van der Waals surface area contributed by atoms with Crippen LogP contribution < -0.4 is 10.2 Å². The summed E-state index contributed by atoms with van der Waals surface area (Å²) in [6.07, 6.45) is 1.76. The van der Waals surface area contributed by atoms with Gasteiger partial charge in [0.15, 0.2) is 0 Å². The highest BCUT2D eigenvalue weighted by molar-refractivity contribution is 8.00. The molecule has 1 aliphatic rings. The van der Waals surface area contributed by atoms with E-state index in [2.05, 4.69) is 50.4 Å². The highest BCUT2D eigenvalue weighted by atomic mass is 32.2. The Morgan fingerprint density at radius 1 is 0.744 bits per heavy atom. The van der Waals surface area contributed by atoms with Crippen LogP contribution in [0.15, 0.2) is 97.1 Å². The fourth-order valence-corrected chi connectivity index (χ4v) is 6.29. The summed E-state index contributed by atoms with van der Waals surface area (Å²) < 4.78 is 1.77. The molecular formula is C36H34N4O2S. The molecule has 0 unspecified atom stereocenters. The molecular weight excluding hydrogens is 552 g/mol. The lowest BCUT2D eigenvalue weighted by molar-refractivity contribution is -0.115. The van der Waals surface area contributed by atoms with Gasteiger partial charge in [-0.05, 0) is 91.8 Å². The Bertz CT molecular complexity index is 1760. The molecule has 7 heteroatoms. The molecule has 43 heavy (non-hydrogen) atoms. The Balaban J connectivity index is 1.19. The molecule has 0 saturated heterocycles. The van der Waals surface area contributed by atoms with Crippen molar-refractivity contribution in [2.45, 2.75) is 33.6 Å². The molecule has 5 aromatic rings. The lowest BCUT2D eigenvalue weighted by Crippen LogP contribution is -2.29. The lowest BCUT2D eigenvalue weighted by Gasteiger charge is -2.25. The average Bonchev–Trinajstić information content (AvgIpc) is 3.34. The van der Waals surface area contributed by atoms with Crippen molar-refractivity contribution in [3.8, 4) is 16.9 Å². The number of para-hydroxylation sites is 3. The monoisotopic (exact) mass is 586 g/mol. The van der Waals surface area contributed by atoms with Gasteiger partial charge in [0.1, 0.15) is 5.82 Å². The van der Waals surface area contributed by atoms with Gasteiger partial charge in [-0.1, -0.05) is 60.7 Å². The molecule has 216 valence electrons. The molecule has 0 radical (unpaired) electrons. The fourth-order valence-electron chi connectivity index (χ4n) is 5.63. The third-order valence-electron chi connectivity index (χ3n) is 7.93. The number of carbonyl (C=O) groups excluding carboxylic acids is 2. The van der Waals surface area contributed by atoms with Crippen LogP contribution in [-0.4, -0.2) is 33.1 Å². The average molecular weight is 587 g/mol. The number of hydrogen-bond acceptors (Lipinski definition) is 4. The van der Waals surface area contributed by atoms with Crippen molar-refractivity contribution in [3.63, 3.8) is 0 Å². The van der Waals surface area contributed by atoms with Gasteiger partial charge < -0.3 is 5.32 Å². The largest absolute Gasteiger partial charge is 0.310 e. The first kappa shape index (κ1) is 28.5. The zero-order valence-electron chi connectivity index (χ0n) is 24.6. The van der Waals surface area contributed by atoms with E-state index in [0.29, 0.717) is 5.82 Å². The number of amides is 2. The normalized spacial score (nSPS) is 12.3. The van der Waals surface area contributed by atoms with Crippen molar-refractivity contribution in [2.75, 3.05) is 21.7 Å². The summed E-state index contributed by atoms with van der Waals surface area (Å²) in [6, 6.07) is 32.2. The molecule has 2 heterocycles. The Morgan fingerprint density at radius 2 is 1.35 bits per heavy atom. The van der Waals surface area contributed by atoms with E-state index in [-0.39, 0.29) is 23.3 Å². The van der Waals surface area contributed by atoms with E-state index in [1.165, 1.54) is 22.9 Å². The molecule has 0 fully saturated rings. The van der Waals surface area contributed by atoms with Crippen LogP contribution in [-0.2, 0) is 22.4 Å². The molecule has 6 rings (SSSR count). The van der Waals surface area contributed by atoms with Crippen molar-refractivity contribution in [1.29, 1.82) is 0 Å². The maximum atomic E-state index is 13.7. The Hall–Kier alpha value is -4.62. The summed E-state index contributed by atoms with van der Waals surface area (Å²) in [5.74, 6) is 0.685. The summed E-state index contributed by atoms with van der Waals surface area (Å²) in [5.41, 5.74) is 10.4. The summed E-state index contributed by atoms with van der Waals surface area (Å²) >= 11 is 1.32. The van der Waals surface area contributed by atoms with Crippen LogP contribution in [0.2, 0.25) is 0 Å². The number of thioether (sulfide) groups is 1. The van der Waals surface area contributed by atoms with Gasteiger partial charge in [-0.15, -0.1) is 11.8 Å². The predicted molar refractivity (Wildman–Crippen MR) is 177 cm³/mol. The number of aryl methyl sites for hydroxylation is 5. The minimum Gasteiger partial charge on any atom is -0.310 e. The van der Waals surface area contributed by atoms with Crippen molar-refractivity contribution < 1.29 is 9.59 Å². The fraction of sp³-hybridized carbons (Fsp3) is 0.194.